The van der Waals surface area contributed by atoms with Gasteiger partial charge in [-0.25, -0.2) is 13.6 Å². The number of ether oxygens (including phenoxy) is 2. The van der Waals surface area contributed by atoms with Gasteiger partial charge in [-0.05, 0) is 49.4 Å². The van der Waals surface area contributed by atoms with Gasteiger partial charge in [-0.2, -0.15) is 18.2 Å². The summed E-state index contributed by atoms with van der Waals surface area (Å²) in [6, 6.07) is 5.43. The van der Waals surface area contributed by atoms with Crippen molar-refractivity contribution >= 4 is 5.82 Å². The van der Waals surface area contributed by atoms with Gasteiger partial charge in [0.2, 0.25) is 5.88 Å². The van der Waals surface area contributed by atoms with Crippen LogP contribution in [0, 0.1) is 11.6 Å². The minimum absolute atomic E-state index is 0.0483. The van der Waals surface area contributed by atoms with E-state index < -0.39 is 40.7 Å². The number of nitrogens with zero attached hydrogens (tertiary/aromatic N) is 4. The third-order valence-electron chi connectivity index (χ3n) is 6.94. The number of aromatic nitrogens is 3. The molecule has 2 aliphatic heterocycles. The van der Waals surface area contributed by atoms with Crippen molar-refractivity contribution in [3.05, 3.63) is 69.9 Å². The molecule has 1 atom stereocenters. The SMILES string of the molecule is O=c1nc(OCc2cc(F)c(Oc3ccnc(C(F)(F)F)c3)c(F)c2)cc2n1C[C@H]1CCC3(CC3)N21. The molecule has 1 aliphatic carbocycles. The Kier molecular flexibility index (Phi) is 4.99. The molecular formula is C24H19F5N4O3. The molecule has 7 nitrogen and oxygen atoms in total. The molecular weight excluding hydrogens is 487 g/mol. The highest BCUT2D eigenvalue weighted by Crippen LogP contribution is 2.55. The number of hydrogen-bond acceptors (Lipinski definition) is 6. The zero-order valence-electron chi connectivity index (χ0n) is 18.7. The summed E-state index contributed by atoms with van der Waals surface area (Å²) in [7, 11) is 0. The summed E-state index contributed by atoms with van der Waals surface area (Å²) in [6.07, 6.45) is 0.369. The predicted molar refractivity (Wildman–Crippen MR) is 116 cm³/mol. The number of alkyl halides is 3. The lowest BCUT2D eigenvalue weighted by Crippen LogP contribution is -2.34. The van der Waals surface area contributed by atoms with Crippen LogP contribution < -0.4 is 20.1 Å². The van der Waals surface area contributed by atoms with Crippen molar-refractivity contribution in [2.45, 2.75) is 56.6 Å². The second kappa shape index (κ2) is 7.90. The molecule has 4 heterocycles. The molecule has 0 amide bonds. The maximum absolute atomic E-state index is 14.6. The Morgan fingerprint density at radius 2 is 1.83 bits per heavy atom. The Bertz CT molecular complexity index is 1400. The topological polar surface area (TPSA) is 69.5 Å². The van der Waals surface area contributed by atoms with Gasteiger partial charge in [0.15, 0.2) is 17.4 Å². The van der Waals surface area contributed by atoms with Crippen LogP contribution in [0.4, 0.5) is 27.8 Å². The Balaban J connectivity index is 1.19. The van der Waals surface area contributed by atoms with E-state index in [1.54, 1.807) is 10.6 Å². The molecule has 188 valence electrons. The van der Waals surface area contributed by atoms with Crippen LogP contribution in [0.2, 0.25) is 0 Å². The highest BCUT2D eigenvalue weighted by molar-refractivity contribution is 5.54. The van der Waals surface area contributed by atoms with Crippen molar-refractivity contribution in [2.24, 2.45) is 0 Å². The number of rotatable bonds is 5. The van der Waals surface area contributed by atoms with Crippen molar-refractivity contribution < 1.29 is 31.4 Å². The van der Waals surface area contributed by atoms with Gasteiger partial charge < -0.3 is 14.4 Å². The summed E-state index contributed by atoms with van der Waals surface area (Å²) in [5.41, 5.74) is -1.49. The predicted octanol–water partition coefficient (Wildman–Crippen LogP) is 4.82. The first-order chi connectivity index (χ1) is 17.1. The van der Waals surface area contributed by atoms with E-state index in [2.05, 4.69) is 14.9 Å². The lowest BCUT2D eigenvalue weighted by Gasteiger charge is -2.26. The zero-order chi connectivity index (χ0) is 25.2. The lowest BCUT2D eigenvalue weighted by atomic mass is 10.2. The average molecular weight is 506 g/mol. The second-order valence-corrected chi connectivity index (χ2v) is 9.29. The summed E-state index contributed by atoms with van der Waals surface area (Å²) < 4.78 is 80.0. The lowest BCUT2D eigenvalue weighted by molar-refractivity contribution is -0.141. The van der Waals surface area contributed by atoms with Gasteiger partial charge in [0.25, 0.3) is 0 Å². The monoisotopic (exact) mass is 506 g/mol. The number of benzene rings is 1. The molecule has 0 unspecified atom stereocenters. The molecule has 2 fully saturated rings. The van der Waals surface area contributed by atoms with Gasteiger partial charge in [-0.15, -0.1) is 0 Å². The molecule has 1 saturated heterocycles. The number of fused-ring (bicyclic) bond motifs is 4. The van der Waals surface area contributed by atoms with Crippen molar-refractivity contribution in [1.29, 1.82) is 0 Å². The normalized spacial score (nSPS) is 19.4. The smallest absolute Gasteiger partial charge is 0.433 e. The van der Waals surface area contributed by atoms with E-state index >= 15 is 0 Å². The fourth-order valence-corrected chi connectivity index (χ4v) is 5.14. The second-order valence-electron chi connectivity index (χ2n) is 9.29. The molecule has 3 aromatic rings. The van der Waals surface area contributed by atoms with Crippen molar-refractivity contribution in [2.75, 3.05) is 4.90 Å². The van der Waals surface area contributed by atoms with Crippen LogP contribution in [0.25, 0.3) is 0 Å². The van der Waals surface area contributed by atoms with Gasteiger partial charge in [0.1, 0.15) is 23.9 Å². The summed E-state index contributed by atoms with van der Waals surface area (Å²) in [4.78, 5) is 22.0. The third kappa shape index (κ3) is 3.84. The largest absolute Gasteiger partial charge is 0.473 e. The van der Waals surface area contributed by atoms with Crippen LogP contribution in [-0.4, -0.2) is 26.1 Å². The van der Waals surface area contributed by atoms with Crippen molar-refractivity contribution in [3.8, 4) is 17.4 Å². The van der Waals surface area contributed by atoms with E-state index in [1.807, 2.05) is 0 Å². The van der Waals surface area contributed by atoms with Crippen LogP contribution in [0.1, 0.15) is 36.9 Å². The summed E-state index contributed by atoms with van der Waals surface area (Å²) >= 11 is 0. The standard InChI is InChI=1S/C24H19F5N4O3/c25-16-7-13(8-17(26)21(16)36-15-2-6-30-18(9-15)24(27,28)29)12-35-19-10-20-32(22(34)31-19)11-14-1-3-23(4-5-23)33(14)20/h2,6-10,14H,1,3-5,11-12H2/t14-/m1/s1. The van der Waals surface area contributed by atoms with Gasteiger partial charge in [0, 0.05) is 36.5 Å². The molecule has 1 aromatic carbocycles. The molecule has 0 radical (unpaired) electrons. The first-order valence-corrected chi connectivity index (χ1v) is 11.4. The maximum atomic E-state index is 14.6. The molecule has 2 aromatic heterocycles. The van der Waals surface area contributed by atoms with Gasteiger partial charge >= 0.3 is 11.9 Å². The Hall–Kier alpha value is -3.70. The molecule has 3 aliphatic rings. The molecule has 6 rings (SSSR count). The third-order valence-corrected chi connectivity index (χ3v) is 6.94. The van der Waals surface area contributed by atoms with Crippen LogP contribution in [0.5, 0.6) is 17.4 Å². The van der Waals surface area contributed by atoms with E-state index in [1.165, 1.54) is 0 Å². The Morgan fingerprint density at radius 3 is 2.53 bits per heavy atom. The first-order valence-electron chi connectivity index (χ1n) is 11.4. The zero-order valence-corrected chi connectivity index (χ0v) is 18.7. The molecule has 12 heteroatoms. The van der Waals surface area contributed by atoms with Crippen LogP contribution in [0.15, 0.2) is 41.3 Å². The van der Waals surface area contributed by atoms with E-state index in [9.17, 15) is 26.7 Å². The maximum Gasteiger partial charge on any atom is 0.433 e. The number of anilines is 1. The van der Waals surface area contributed by atoms with E-state index in [4.69, 9.17) is 9.47 Å². The van der Waals surface area contributed by atoms with E-state index in [0.29, 0.717) is 12.6 Å². The summed E-state index contributed by atoms with van der Waals surface area (Å²) in [5.74, 6) is -2.74. The highest BCUT2D eigenvalue weighted by Gasteiger charge is 2.57. The summed E-state index contributed by atoms with van der Waals surface area (Å²) in [5, 5.41) is 0. The number of pyridine rings is 1. The Morgan fingerprint density at radius 1 is 1.08 bits per heavy atom. The molecule has 1 spiro atoms. The van der Waals surface area contributed by atoms with Crippen molar-refractivity contribution in [1.82, 2.24) is 14.5 Å². The van der Waals surface area contributed by atoms with Crippen LogP contribution in [0.3, 0.4) is 0 Å². The Labute approximate surface area is 201 Å². The first kappa shape index (κ1) is 22.7. The minimum Gasteiger partial charge on any atom is -0.473 e. The highest BCUT2D eigenvalue weighted by atomic mass is 19.4. The van der Waals surface area contributed by atoms with Crippen LogP contribution in [-0.2, 0) is 19.3 Å². The van der Waals surface area contributed by atoms with Crippen LogP contribution >= 0.6 is 0 Å². The number of halogens is 5. The quantitative estimate of drug-likeness (QED) is 0.463. The van der Waals surface area contributed by atoms with E-state index in [0.717, 1.165) is 55.9 Å². The molecule has 0 N–H and O–H groups in total. The molecule has 0 bridgehead atoms. The number of hydrogen-bond donors (Lipinski definition) is 0. The fourth-order valence-electron chi connectivity index (χ4n) is 5.14. The molecule has 1 saturated carbocycles. The molecule has 36 heavy (non-hydrogen) atoms. The van der Waals surface area contributed by atoms with Crippen molar-refractivity contribution in [3.63, 3.8) is 0 Å². The van der Waals surface area contributed by atoms with Gasteiger partial charge in [-0.1, -0.05) is 0 Å². The minimum atomic E-state index is -4.74. The van der Waals surface area contributed by atoms with Gasteiger partial charge in [0.05, 0.1) is 0 Å². The fraction of sp³-hybridized carbons (Fsp3) is 0.375. The average Bonchev–Trinajstić information content (AvgIpc) is 3.37. The van der Waals surface area contributed by atoms with E-state index in [-0.39, 0.29) is 29.6 Å². The summed E-state index contributed by atoms with van der Waals surface area (Å²) in [6.45, 7) is 0.301. The van der Waals surface area contributed by atoms with Gasteiger partial charge in [-0.3, -0.25) is 9.55 Å².